The average Bonchev–Trinajstić information content (AvgIpc) is 2.45. The number of nitrogens with two attached hydrogens (primary N) is 1. The quantitative estimate of drug-likeness (QED) is 0.896. The van der Waals surface area contributed by atoms with Crippen LogP contribution in [0.3, 0.4) is 0 Å². The highest BCUT2D eigenvalue weighted by molar-refractivity contribution is 5.36. The summed E-state index contributed by atoms with van der Waals surface area (Å²) in [6.45, 7) is 7.92. The fourth-order valence-electron chi connectivity index (χ4n) is 2.36. The molecule has 1 aromatic carbocycles. The Balaban J connectivity index is 1.98. The van der Waals surface area contributed by atoms with Gasteiger partial charge in [0.15, 0.2) is 0 Å². The van der Waals surface area contributed by atoms with E-state index in [1.54, 1.807) is 6.07 Å². The van der Waals surface area contributed by atoms with E-state index in [4.69, 9.17) is 15.2 Å². The summed E-state index contributed by atoms with van der Waals surface area (Å²) in [5.74, 6) is 0.196. The van der Waals surface area contributed by atoms with Crippen molar-refractivity contribution in [2.45, 2.75) is 26.0 Å². The molecule has 1 fully saturated rings. The molecule has 1 heterocycles. The fourth-order valence-corrected chi connectivity index (χ4v) is 2.36. The van der Waals surface area contributed by atoms with Crippen LogP contribution < -0.4 is 10.5 Å². The van der Waals surface area contributed by atoms with Crippen molar-refractivity contribution >= 4 is 0 Å². The standard InChI is InChI=1S/C15H23FN2O2/c1-3-18-6-7-19-13(9-18)10-20-15-8-12(16)4-5-14(15)11(2)17/h4-5,8,11,13H,3,6-7,9-10,17H2,1-2H3/t11-,13?/m1/s1. The number of likely N-dealkylation sites (N-methyl/N-ethyl adjacent to an activating group) is 1. The first-order chi connectivity index (χ1) is 9.60. The second-order valence-electron chi connectivity index (χ2n) is 5.17. The molecule has 20 heavy (non-hydrogen) atoms. The Bertz CT molecular complexity index is 440. The second-order valence-corrected chi connectivity index (χ2v) is 5.17. The summed E-state index contributed by atoms with van der Waals surface area (Å²) >= 11 is 0. The van der Waals surface area contributed by atoms with Gasteiger partial charge >= 0.3 is 0 Å². The van der Waals surface area contributed by atoms with Crippen molar-refractivity contribution in [3.8, 4) is 5.75 Å². The largest absolute Gasteiger partial charge is 0.490 e. The minimum absolute atomic E-state index is 0.0212. The first-order valence-electron chi connectivity index (χ1n) is 7.12. The number of halogens is 1. The van der Waals surface area contributed by atoms with Gasteiger partial charge in [0.05, 0.1) is 6.61 Å². The van der Waals surface area contributed by atoms with Crippen LogP contribution in [0.4, 0.5) is 4.39 Å². The number of morpholine rings is 1. The number of hydrogen-bond acceptors (Lipinski definition) is 4. The van der Waals surface area contributed by atoms with Crippen LogP contribution in [0.1, 0.15) is 25.5 Å². The molecule has 4 nitrogen and oxygen atoms in total. The molecule has 1 unspecified atom stereocenters. The van der Waals surface area contributed by atoms with E-state index in [0.717, 1.165) is 25.2 Å². The summed E-state index contributed by atoms with van der Waals surface area (Å²) in [6.07, 6.45) is 0.0212. The van der Waals surface area contributed by atoms with E-state index in [0.29, 0.717) is 19.0 Å². The zero-order chi connectivity index (χ0) is 14.5. The maximum atomic E-state index is 13.3. The van der Waals surface area contributed by atoms with Crippen LogP contribution in [-0.4, -0.2) is 43.9 Å². The summed E-state index contributed by atoms with van der Waals surface area (Å²) in [4.78, 5) is 2.32. The average molecular weight is 282 g/mol. The van der Waals surface area contributed by atoms with Crippen LogP contribution in [0, 0.1) is 5.82 Å². The monoisotopic (exact) mass is 282 g/mol. The van der Waals surface area contributed by atoms with Gasteiger partial charge in [-0.1, -0.05) is 13.0 Å². The zero-order valence-electron chi connectivity index (χ0n) is 12.1. The lowest BCUT2D eigenvalue weighted by Crippen LogP contribution is -2.44. The van der Waals surface area contributed by atoms with Gasteiger partial charge in [-0.15, -0.1) is 0 Å². The first-order valence-corrected chi connectivity index (χ1v) is 7.12. The lowest BCUT2D eigenvalue weighted by atomic mass is 10.1. The number of hydrogen-bond donors (Lipinski definition) is 1. The van der Waals surface area contributed by atoms with E-state index in [9.17, 15) is 4.39 Å². The van der Waals surface area contributed by atoms with E-state index >= 15 is 0 Å². The Labute approximate surface area is 119 Å². The molecule has 1 saturated heterocycles. The minimum atomic E-state index is -0.316. The van der Waals surface area contributed by atoms with E-state index in [-0.39, 0.29) is 18.0 Å². The van der Waals surface area contributed by atoms with Crippen LogP contribution in [0.5, 0.6) is 5.75 Å². The van der Waals surface area contributed by atoms with E-state index in [1.807, 2.05) is 6.92 Å². The lowest BCUT2D eigenvalue weighted by molar-refractivity contribution is -0.0465. The SMILES string of the molecule is CCN1CCOC(COc2cc(F)ccc2[C@@H](C)N)C1. The molecule has 0 radical (unpaired) electrons. The molecule has 2 atom stereocenters. The molecule has 0 amide bonds. The molecule has 5 heteroatoms. The van der Waals surface area contributed by atoms with Crippen LogP contribution in [0.2, 0.25) is 0 Å². The van der Waals surface area contributed by atoms with Crippen LogP contribution in [-0.2, 0) is 4.74 Å². The third-order valence-corrected chi connectivity index (χ3v) is 3.56. The lowest BCUT2D eigenvalue weighted by Gasteiger charge is -2.32. The molecule has 0 saturated carbocycles. The van der Waals surface area contributed by atoms with Crippen molar-refractivity contribution in [1.82, 2.24) is 4.90 Å². The molecule has 0 aromatic heterocycles. The van der Waals surface area contributed by atoms with Gasteiger partial charge in [-0.2, -0.15) is 0 Å². The summed E-state index contributed by atoms with van der Waals surface area (Å²) in [5.41, 5.74) is 6.69. The molecule has 0 bridgehead atoms. The van der Waals surface area contributed by atoms with Gasteiger partial charge in [0.2, 0.25) is 0 Å². The molecular formula is C15H23FN2O2. The number of ether oxygens (including phenoxy) is 2. The second kappa shape index (κ2) is 7.02. The van der Waals surface area contributed by atoms with Crippen molar-refractivity contribution in [3.63, 3.8) is 0 Å². The molecule has 112 valence electrons. The Kier molecular flexibility index (Phi) is 5.34. The molecule has 0 spiro atoms. The Morgan fingerprint density at radius 2 is 2.35 bits per heavy atom. The van der Waals surface area contributed by atoms with Crippen molar-refractivity contribution in [3.05, 3.63) is 29.6 Å². The third-order valence-electron chi connectivity index (χ3n) is 3.56. The molecule has 2 N–H and O–H groups in total. The normalized spacial score (nSPS) is 21.7. The van der Waals surface area contributed by atoms with Crippen molar-refractivity contribution < 1.29 is 13.9 Å². The molecule has 2 rings (SSSR count). The van der Waals surface area contributed by atoms with Gasteiger partial charge in [0.1, 0.15) is 24.3 Å². The van der Waals surface area contributed by atoms with Crippen LogP contribution >= 0.6 is 0 Å². The predicted octanol–water partition coefficient (Wildman–Crippen LogP) is 1.94. The Morgan fingerprint density at radius 3 is 3.05 bits per heavy atom. The summed E-state index contributed by atoms with van der Waals surface area (Å²) in [7, 11) is 0. The number of nitrogens with zero attached hydrogens (tertiary/aromatic N) is 1. The Morgan fingerprint density at radius 1 is 1.55 bits per heavy atom. The van der Waals surface area contributed by atoms with Gasteiger partial charge in [-0.25, -0.2) is 4.39 Å². The molecular weight excluding hydrogens is 259 g/mol. The maximum Gasteiger partial charge on any atom is 0.127 e. The minimum Gasteiger partial charge on any atom is -0.490 e. The number of benzene rings is 1. The number of rotatable bonds is 5. The summed E-state index contributed by atoms with van der Waals surface area (Å²) < 4.78 is 24.7. The highest BCUT2D eigenvalue weighted by Gasteiger charge is 2.20. The van der Waals surface area contributed by atoms with Crippen molar-refractivity contribution in [2.24, 2.45) is 5.73 Å². The maximum absolute atomic E-state index is 13.3. The fraction of sp³-hybridized carbons (Fsp3) is 0.600. The van der Waals surface area contributed by atoms with E-state index in [2.05, 4.69) is 11.8 Å². The van der Waals surface area contributed by atoms with Gasteiger partial charge in [-0.05, 0) is 19.5 Å². The highest BCUT2D eigenvalue weighted by Crippen LogP contribution is 2.25. The molecule has 1 aliphatic rings. The van der Waals surface area contributed by atoms with Gasteiger partial charge in [0.25, 0.3) is 0 Å². The summed E-state index contributed by atoms with van der Waals surface area (Å²) in [5, 5.41) is 0. The summed E-state index contributed by atoms with van der Waals surface area (Å²) in [6, 6.07) is 4.28. The zero-order valence-corrected chi connectivity index (χ0v) is 12.1. The van der Waals surface area contributed by atoms with Gasteiger partial charge in [0, 0.05) is 30.8 Å². The van der Waals surface area contributed by atoms with Crippen molar-refractivity contribution in [1.29, 1.82) is 0 Å². The highest BCUT2D eigenvalue weighted by atomic mass is 19.1. The molecule has 0 aliphatic carbocycles. The predicted molar refractivity (Wildman–Crippen MR) is 76.4 cm³/mol. The first kappa shape index (κ1) is 15.2. The van der Waals surface area contributed by atoms with Gasteiger partial charge < -0.3 is 15.2 Å². The van der Waals surface area contributed by atoms with E-state index in [1.165, 1.54) is 12.1 Å². The molecule has 1 aliphatic heterocycles. The van der Waals surface area contributed by atoms with Crippen LogP contribution in [0.25, 0.3) is 0 Å². The van der Waals surface area contributed by atoms with Crippen molar-refractivity contribution in [2.75, 3.05) is 32.8 Å². The van der Waals surface area contributed by atoms with Gasteiger partial charge in [-0.3, -0.25) is 4.90 Å². The topological polar surface area (TPSA) is 47.7 Å². The van der Waals surface area contributed by atoms with E-state index < -0.39 is 0 Å². The third kappa shape index (κ3) is 3.91. The van der Waals surface area contributed by atoms with Crippen LogP contribution in [0.15, 0.2) is 18.2 Å². The molecule has 1 aromatic rings. The smallest absolute Gasteiger partial charge is 0.127 e. The Hall–Kier alpha value is -1.17.